The third-order valence-electron chi connectivity index (χ3n) is 4.03. The Morgan fingerprint density at radius 2 is 1.09 bits per heavy atom. The van der Waals surface area contributed by atoms with Crippen molar-refractivity contribution in [1.82, 2.24) is 4.57 Å². The molecule has 0 N–H and O–H groups in total. The molecule has 0 unspecified atom stereocenters. The van der Waals surface area contributed by atoms with Crippen molar-refractivity contribution in [2.75, 3.05) is 0 Å². The minimum Gasteiger partial charge on any atom is -0.309 e. The molecule has 1 heterocycles. The van der Waals surface area contributed by atoms with Gasteiger partial charge in [0.2, 0.25) is 0 Å². The zero-order chi connectivity index (χ0) is 16.0. The highest BCUT2D eigenvalue weighted by atomic mass is 19.4. The molecule has 0 bridgehead atoms. The van der Waals surface area contributed by atoms with Crippen LogP contribution < -0.4 is 0 Å². The van der Waals surface area contributed by atoms with E-state index in [1.807, 2.05) is 53.1 Å². The Balaban J connectivity index is 2.01. The molecule has 0 amide bonds. The van der Waals surface area contributed by atoms with Crippen LogP contribution in [0.15, 0.2) is 72.8 Å². The Morgan fingerprint density at radius 1 is 0.609 bits per heavy atom. The van der Waals surface area contributed by atoms with Crippen LogP contribution in [-0.4, -0.2) is 4.57 Å². The topological polar surface area (TPSA) is 4.93 Å². The van der Waals surface area contributed by atoms with Crippen molar-refractivity contribution in [1.29, 1.82) is 0 Å². The number of para-hydroxylation sites is 2. The first kappa shape index (κ1) is 13.9. The molecule has 4 aromatic rings. The van der Waals surface area contributed by atoms with Gasteiger partial charge in [-0.05, 0) is 36.4 Å². The fourth-order valence-electron chi connectivity index (χ4n) is 3.00. The maximum atomic E-state index is 12.8. The van der Waals surface area contributed by atoms with E-state index in [2.05, 4.69) is 0 Å². The summed E-state index contributed by atoms with van der Waals surface area (Å²) in [5.41, 5.74) is 2.04. The van der Waals surface area contributed by atoms with Crippen LogP contribution >= 0.6 is 0 Å². The number of rotatable bonds is 1. The third-order valence-corrected chi connectivity index (χ3v) is 4.03. The summed E-state index contributed by atoms with van der Waals surface area (Å²) in [6.45, 7) is 0. The SMILES string of the molecule is FC(F)(F)c1ccc(-n2c3ccccc3c3ccccc32)cc1. The van der Waals surface area contributed by atoms with E-state index in [1.54, 1.807) is 0 Å². The number of nitrogens with zero attached hydrogens (tertiary/aromatic N) is 1. The normalized spacial score (nSPS) is 12.1. The zero-order valence-electron chi connectivity index (χ0n) is 12.0. The van der Waals surface area contributed by atoms with E-state index in [0.29, 0.717) is 0 Å². The summed E-state index contributed by atoms with van der Waals surface area (Å²) in [6.07, 6.45) is -4.32. The van der Waals surface area contributed by atoms with Gasteiger partial charge >= 0.3 is 6.18 Å². The fraction of sp³-hybridized carbons (Fsp3) is 0.0526. The van der Waals surface area contributed by atoms with Gasteiger partial charge in [0.25, 0.3) is 0 Å². The second-order valence-electron chi connectivity index (χ2n) is 5.41. The first-order chi connectivity index (χ1) is 11.1. The average Bonchev–Trinajstić information content (AvgIpc) is 2.89. The van der Waals surface area contributed by atoms with Gasteiger partial charge in [-0.3, -0.25) is 0 Å². The van der Waals surface area contributed by atoms with Crippen molar-refractivity contribution in [2.45, 2.75) is 6.18 Å². The lowest BCUT2D eigenvalue weighted by molar-refractivity contribution is -0.137. The molecule has 4 heteroatoms. The molecular formula is C19H12F3N. The number of alkyl halides is 3. The first-order valence-corrected chi connectivity index (χ1v) is 7.21. The van der Waals surface area contributed by atoms with Gasteiger partial charge in [-0.25, -0.2) is 0 Å². The predicted molar refractivity (Wildman–Crippen MR) is 85.8 cm³/mol. The quantitative estimate of drug-likeness (QED) is 0.418. The van der Waals surface area contributed by atoms with E-state index in [0.717, 1.165) is 39.6 Å². The van der Waals surface area contributed by atoms with Crippen molar-refractivity contribution >= 4 is 21.8 Å². The third kappa shape index (κ3) is 2.18. The van der Waals surface area contributed by atoms with Gasteiger partial charge in [-0.1, -0.05) is 36.4 Å². The number of hydrogen-bond donors (Lipinski definition) is 0. The summed E-state index contributed by atoms with van der Waals surface area (Å²) in [7, 11) is 0. The molecule has 0 spiro atoms. The van der Waals surface area contributed by atoms with Gasteiger partial charge in [-0.15, -0.1) is 0 Å². The second kappa shape index (κ2) is 4.88. The fourth-order valence-corrected chi connectivity index (χ4v) is 3.00. The molecule has 1 nitrogen and oxygen atoms in total. The second-order valence-corrected chi connectivity index (χ2v) is 5.41. The molecule has 0 aliphatic carbocycles. The predicted octanol–water partition coefficient (Wildman–Crippen LogP) is 5.80. The molecule has 1 aromatic heterocycles. The monoisotopic (exact) mass is 311 g/mol. The first-order valence-electron chi connectivity index (χ1n) is 7.21. The van der Waals surface area contributed by atoms with Crippen LogP contribution in [0.1, 0.15) is 5.56 Å². The maximum absolute atomic E-state index is 12.8. The van der Waals surface area contributed by atoms with Crippen LogP contribution in [0.5, 0.6) is 0 Å². The zero-order valence-corrected chi connectivity index (χ0v) is 12.0. The number of hydrogen-bond acceptors (Lipinski definition) is 0. The van der Waals surface area contributed by atoms with E-state index >= 15 is 0 Å². The lowest BCUT2D eigenvalue weighted by Gasteiger charge is -2.10. The van der Waals surface area contributed by atoms with Gasteiger partial charge in [0.15, 0.2) is 0 Å². The summed E-state index contributed by atoms with van der Waals surface area (Å²) >= 11 is 0. The molecule has 0 aliphatic heterocycles. The Labute approximate surface area is 130 Å². The molecule has 23 heavy (non-hydrogen) atoms. The summed E-state index contributed by atoms with van der Waals surface area (Å²) in [4.78, 5) is 0. The van der Waals surface area contributed by atoms with E-state index in [9.17, 15) is 13.2 Å². The van der Waals surface area contributed by atoms with Crippen LogP contribution in [0.4, 0.5) is 13.2 Å². The van der Waals surface area contributed by atoms with E-state index in [-0.39, 0.29) is 0 Å². The Morgan fingerprint density at radius 3 is 1.57 bits per heavy atom. The van der Waals surface area contributed by atoms with Gasteiger partial charge < -0.3 is 4.57 Å². The lowest BCUT2D eigenvalue weighted by Crippen LogP contribution is -2.05. The minimum absolute atomic E-state index is 0.637. The van der Waals surface area contributed by atoms with Crippen molar-refractivity contribution in [2.24, 2.45) is 0 Å². The summed E-state index contributed by atoms with van der Waals surface area (Å²) < 4.78 is 40.3. The standard InChI is InChI=1S/C19H12F3N/c20-19(21,22)13-9-11-14(12-10-13)23-17-7-3-1-5-15(17)16-6-2-4-8-18(16)23/h1-12H. The average molecular weight is 311 g/mol. The Hall–Kier alpha value is -2.75. The summed E-state index contributed by atoms with van der Waals surface area (Å²) in [5, 5.41) is 2.17. The summed E-state index contributed by atoms with van der Waals surface area (Å²) in [5.74, 6) is 0. The lowest BCUT2D eigenvalue weighted by atomic mass is 10.2. The molecule has 3 aromatic carbocycles. The molecule has 0 aliphatic rings. The number of aromatic nitrogens is 1. The Kier molecular flexibility index (Phi) is 2.94. The highest BCUT2D eigenvalue weighted by Crippen LogP contribution is 2.33. The van der Waals surface area contributed by atoms with Crippen molar-refractivity contribution < 1.29 is 13.2 Å². The maximum Gasteiger partial charge on any atom is 0.416 e. The largest absolute Gasteiger partial charge is 0.416 e. The van der Waals surface area contributed by atoms with Crippen molar-refractivity contribution in [3.8, 4) is 5.69 Å². The molecule has 0 atom stereocenters. The number of benzene rings is 3. The van der Waals surface area contributed by atoms with E-state index < -0.39 is 11.7 Å². The van der Waals surface area contributed by atoms with Crippen LogP contribution in [0, 0.1) is 0 Å². The van der Waals surface area contributed by atoms with Crippen LogP contribution in [0.25, 0.3) is 27.5 Å². The van der Waals surface area contributed by atoms with E-state index in [4.69, 9.17) is 0 Å². The van der Waals surface area contributed by atoms with Gasteiger partial charge in [0.1, 0.15) is 0 Å². The highest BCUT2D eigenvalue weighted by molar-refractivity contribution is 6.09. The highest BCUT2D eigenvalue weighted by Gasteiger charge is 2.30. The number of halogens is 3. The number of fused-ring (bicyclic) bond motifs is 3. The van der Waals surface area contributed by atoms with Crippen molar-refractivity contribution in [3.63, 3.8) is 0 Å². The van der Waals surface area contributed by atoms with Crippen LogP contribution in [0.3, 0.4) is 0 Å². The van der Waals surface area contributed by atoms with Gasteiger partial charge in [0.05, 0.1) is 16.6 Å². The van der Waals surface area contributed by atoms with Gasteiger partial charge in [-0.2, -0.15) is 13.2 Å². The van der Waals surface area contributed by atoms with Crippen molar-refractivity contribution in [3.05, 3.63) is 78.4 Å². The Bertz CT molecular complexity index is 941. The van der Waals surface area contributed by atoms with Crippen LogP contribution in [0.2, 0.25) is 0 Å². The molecule has 0 saturated carbocycles. The molecular weight excluding hydrogens is 299 g/mol. The smallest absolute Gasteiger partial charge is 0.309 e. The molecule has 4 rings (SSSR count). The molecule has 114 valence electrons. The van der Waals surface area contributed by atoms with Gasteiger partial charge in [0, 0.05) is 16.5 Å². The van der Waals surface area contributed by atoms with E-state index in [1.165, 1.54) is 12.1 Å². The molecule has 0 radical (unpaired) electrons. The minimum atomic E-state index is -4.32. The molecule has 0 saturated heterocycles. The van der Waals surface area contributed by atoms with Crippen LogP contribution in [-0.2, 0) is 6.18 Å². The molecule has 0 fully saturated rings. The summed E-state index contributed by atoms with van der Waals surface area (Å²) in [6, 6.07) is 21.1.